The topological polar surface area (TPSA) is 59.8 Å². The first-order valence-electron chi connectivity index (χ1n) is 6.64. The van der Waals surface area contributed by atoms with Gasteiger partial charge in [0.1, 0.15) is 0 Å². The highest BCUT2D eigenvalue weighted by Gasteiger charge is 2.21. The number of nitrogens with one attached hydrogen (secondary N) is 1. The predicted molar refractivity (Wildman–Crippen MR) is 83.5 cm³/mol. The molecule has 0 saturated heterocycles. The van der Waals surface area contributed by atoms with E-state index in [0.29, 0.717) is 22.2 Å². The van der Waals surface area contributed by atoms with Crippen LogP contribution in [0.15, 0.2) is 16.9 Å². The molecule has 20 heavy (non-hydrogen) atoms. The van der Waals surface area contributed by atoms with Crippen molar-refractivity contribution in [1.29, 1.82) is 0 Å². The van der Waals surface area contributed by atoms with Crippen molar-refractivity contribution >= 4 is 16.5 Å². The van der Waals surface area contributed by atoms with Gasteiger partial charge in [0.15, 0.2) is 5.01 Å². The van der Waals surface area contributed by atoms with Gasteiger partial charge in [0, 0.05) is 24.7 Å². The van der Waals surface area contributed by atoms with Gasteiger partial charge in [0.2, 0.25) is 5.13 Å². The van der Waals surface area contributed by atoms with Crippen molar-refractivity contribution in [3.05, 3.63) is 28.2 Å². The maximum atomic E-state index is 12.6. The van der Waals surface area contributed by atoms with E-state index in [0.717, 1.165) is 5.69 Å². The molecule has 0 atom stereocenters. The van der Waals surface area contributed by atoms with Crippen molar-refractivity contribution < 1.29 is 0 Å². The van der Waals surface area contributed by atoms with Gasteiger partial charge in [-0.25, -0.2) is 0 Å². The first kappa shape index (κ1) is 14.7. The molecule has 0 aliphatic carbocycles. The second kappa shape index (κ2) is 5.36. The molecule has 0 unspecified atom stereocenters. The molecule has 0 radical (unpaired) electrons. The molecule has 0 fully saturated rings. The standard InChI is InChI=1S/C14H20N4OS/c1-6-18-10(14(2,3)4)8-7-9(12(18)19)11-16-17-13(15-5)20-11/h7-8H,6H2,1-5H3,(H,15,17). The van der Waals surface area contributed by atoms with E-state index in [1.165, 1.54) is 11.3 Å². The molecule has 5 nitrogen and oxygen atoms in total. The van der Waals surface area contributed by atoms with Crippen LogP contribution >= 0.6 is 11.3 Å². The molecule has 0 bridgehead atoms. The fourth-order valence-corrected chi connectivity index (χ4v) is 2.86. The van der Waals surface area contributed by atoms with Crippen LogP contribution in [0.25, 0.3) is 10.6 Å². The average molecular weight is 292 g/mol. The van der Waals surface area contributed by atoms with Gasteiger partial charge < -0.3 is 9.88 Å². The molecule has 2 heterocycles. The second-order valence-electron chi connectivity index (χ2n) is 5.59. The van der Waals surface area contributed by atoms with Crippen LogP contribution in [-0.4, -0.2) is 21.8 Å². The predicted octanol–water partition coefficient (Wildman–Crippen LogP) is 2.73. The van der Waals surface area contributed by atoms with Gasteiger partial charge in [-0.2, -0.15) is 0 Å². The molecule has 0 aliphatic rings. The monoisotopic (exact) mass is 292 g/mol. The Bertz CT molecular complexity index is 667. The minimum Gasteiger partial charge on any atom is -0.363 e. The summed E-state index contributed by atoms with van der Waals surface area (Å²) in [6.07, 6.45) is 0. The van der Waals surface area contributed by atoms with Crippen molar-refractivity contribution in [2.45, 2.75) is 39.7 Å². The van der Waals surface area contributed by atoms with E-state index in [-0.39, 0.29) is 11.0 Å². The highest BCUT2D eigenvalue weighted by Crippen LogP contribution is 2.26. The third kappa shape index (κ3) is 2.60. The van der Waals surface area contributed by atoms with E-state index in [1.54, 1.807) is 7.05 Å². The molecule has 1 N–H and O–H groups in total. The summed E-state index contributed by atoms with van der Waals surface area (Å²) in [6.45, 7) is 8.96. The van der Waals surface area contributed by atoms with Crippen LogP contribution in [0.5, 0.6) is 0 Å². The molecular weight excluding hydrogens is 272 g/mol. The van der Waals surface area contributed by atoms with Gasteiger partial charge in [0.25, 0.3) is 5.56 Å². The molecule has 0 saturated carbocycles. The highest BCUT2D eigenvalue weighted by atomic mass is 32.1. The average Bonchev–Trinajstić information content (AvgIpc) is 2.85. The van der Waals surface area contributed by atoms with Crippen molar-refractivity contribution in [3.63, 3.8) is 0 Å². The lowest BCUT2D eigenvalue weighted by Gasteiger charge is -2.23. The van der Waals surface area contributed by atoms with E-state index in [2.05, 4.69) is 36.3 Å². The lowest BCUT2D eigenvalue weighted by atomic mass is 9.91. The molecule has 0 aliphatic heterocycles. The highest BCUT2D eigenvalue weighted by molar-refractivity contribution is 7.18. The third-order valence-electron chi connectivity index (χ3n) is 3.13. The number of nitrogens with zero attached hydrogens (tertiary/aromatic N) is 3. The number of hydrogen-bond donors (Lipinski definition) is 1. The first-order valence-corrected chi connectivity index (χ1v) is 7.46. The zero-order valence-corrected chi connectivity index (χ0v) is 13.3. The molecular formula is C14H20N4OS. The van der Waals surface area contributed by atoms with Crippen LogP contribution in [-0.2, 0) is 12.0 Å². The summed E-state index contributed by atoms with van der Waals surface area (Å²) < 4.78 is 1.82. The number of pyridine rings is 1. The van der Waals surface area contributed by atoms with Gasteiger partial charge in [-0.3, -0.25) is 4.79 Å². The van der Waals surface area contributed by atoms with Crippen LogP contribution in [0.4, 0.5) is 5.13 Å². The van der Waals surface area contributed by atoms with Crippen molar-refractivity contribution in [2.24, 2.45) is 0 Å². The zero-order valence-electron chi connectivity index (χ0n) is 12.5. The lowest BCUT2D eigenvalue weighted by Crippen LogP contribution is -2.29. The normalized spacial score (nSPS) is 11.7. The Hall–Kier alpha value is -1.69. The van der Waals surface area contributed by atoms with E-state index < -0.39 is 0 Å². The zero-order chi connectivity index (χ0) is 14.9. The maximum Gasteiger partial charge on any atom is 0.261 e. The van der Waals surface area contributed by atoms with Crippen molar-refractivity contribution in [1.82, 2.24) is 14.8 Å². The lowest BCUT2D eigenvalue weighted by molar-refractivity contribution is 0.511. The van der Waals surface area contributed by atoms with Crippen molar-refractivity contribution in [2.75, 3.05) is 12.4 Å². The molecule has 108 valence electrons. The quantitative estimate of drug-likeness (QED) is 0.945. The number of anilines is 1. The molecule has 0 aromatic carbocycles. The van der Waals surface area contributed by atoms with Gasteiger partial charge in [-0.05, 0) is 19.1 Å². The SMILES string of the molecule is CCn1c(C(C)(C)C)ccc(-c2nnc(NC)s2)c1=O. The summed E-state index contributed by atoms with van der Waals surface area (Å²) in [5, 5.41) is 12.4. The van der Waals surface area contributed by atoms with Crippen LogP contribution in [0.2, 0.25) is 0 Å². The van der Waals surface area contributed by atoms with E-state index >= 15 is 0 Å². The molecule has 6 heteroatoms. The van der Waals surface area contributed by atoms with E-state index in [9.17, 15) is 4.79 Å². The largest absolute Gasteiger partial charge is 0.363 e. The summed E-state index contributed by atoms with van der Waals surface area (Å²) in [4.78, 5) is 12.6. The van der Waals surface area contributed by atoms with Gasteiger partial charge in [-0.1, -0.05) is 32.1 Å². The van der Waals surface area contributed by atoms with Crippen LogP contribution in [0.1, 0.15) is 33.4 Å². The second-order valence-corrected chi connectivity index (χ2v) is 6.57. The molecule has 0 amide bonds. The Morgan fingerprint density at radius 1 is 1.30 bits per heavy atom. The van der Waals surface area contributed by atoms with Crippen LogP contribution < -0.4 is 10.9 Å². The summed E-state index contributed by atoms with van der Waals surface area (Å²) in [5.74, 6) is 0. The first-order chi connectivity index (χ1) is 9.38. The van der Waals surface area contributed by atoms with Crippen LogP contribution in [0, 0.1) is 0 Å². The summed E-state index contributed by atoms with van der Waals surface area (Å²) in [6, 6.07) is 3.87. The Kier molecular flexibility index (Phi) is 3.94. The smallest absolute Gasteiger partial charge is 0.261 e. The molecule has 2 rings (SSSR count). The van der Waals surface area contributed by atoms with Gasteiger partial charge in [0.05, 0.1) is 5.56 Å². The fourth-order valence-electron chi connectivity index (χ4n) is 2.14. The third-order valence-corrected chi connectivity index (χ3v) is 4.10. The van der Waals surface area contributed by atoms with E-state index in [1.807, 2.05) is 23.6 Å². The Morgan fingerprint density at radius 3 is 2.50 bits per heavy atom. The molecule has 2 aromatic rings. The van der Waals surface area contributed by atoms with Crippen molar-refractivity contribution in [3.8, 4) is 10.6 Å². The molecule has 0 spiro atoms. The molecule has 2 aromatic heterocycles. The minimum atomic E-state index is -0.0645. The Labute approximate surface area is 122 Å². The van der Waals surface area contributed by atoms with E-state index in [4.69, 9.17) is 0 Å². The van der Waals surface area contributed by atoms with Gasteiger partial charge >= 0.3 is 0 Å². The maximum absolute atomic E-state index is 12.6. The summed E-state index contributed by atoms with van der Waals surface area (Å²) >= 11 is 1.39. The minimum absolute atomic E-state index is 0.00118. The summed E-state index contributed by atoms with van der Waals surface area (Å²) in [5.41, 5.74) is 1.58. The Balaban J connectivity index is 2.60. The van der Waals surface area contributed by atoms with Gasteiger partial charge in [-0.15, -0.1) is 10.2 Å². The fraction of sp³-hybridized carbons (Fsp3) is 0.500. The van der Waals surface area contributed by atoms with Crippen LogP contribution in [0.3, 0.4) is 0 Å². The number of rotatable bonds is 3. The number of hydrogen-bond acceptors (Lipinski definition) is 5. The number of aromatic nitrogens is 3. The summed E-state index contributed by atoms with van der Waals surface area (Å²) in [7, 11) is 1.79. The Morgan fingerprint density at radius 2 is 2.00 bits per heavy atom.